The van der Waals surface area contributed by atoms with Crippen molar-refractivity contribution in [3.8, 4) is 11.1 Å². The Hall–Kier alpha value is -3.49. The first kappa shape index (κ1) is 23.9. The molecule has 2 fully saturated rings. The van der Waals surface area contributed by atoms with Gasteiger partial charge in [-0.25, -0.2) is 9.37 Å². The van der Waals surface area contributed by atoms with Crippen molar-refractivity contribution < 1.29 is 13.9 Å². The van der Waals surface area contributed by atoms with Crippen molar-refractivity contribution in [1.29, 1.82) is 0 Å². The molecule has 192 valence electrons. The number of pyridine rings is 1. The molecule has 1 aromatic heterocycles. The molecule has 7 nitrogen and oxygen atoms in total. The summed E-state index contributed by atoms with van der Waals surface area (Å²) >= 11 is 0. The van der Waals surface area contributed by atoms with Crippen molar-refractivity contribution in [3.05, 3.63) is 71.2 Å². The predicted octanol–water partition coefficient (Wildman–Crippen LogP) is 4.52. The number of nitrogens with zero attached hydrogens (tertiary/aromatic N) is 3. The highest BCUT2D eigenvalue weighted by atomic mass is 19.1. The molecule has 0 aliphatic carbocycles. The molecule has 37 heavy (non-hydrogen) atoms. The zero-order valence-electron chi connectivity index (χ0n) is 21.1. The van der Waals surface area contributed by atoms with E-state index in [2.05, 4.69) is 38.5 Å². The summed E-state index contributed by atoms with van der Waals surface area (Å²) in [4.78, 5) is 22.1. The van der Waals surface area contributed by atoms with E-state index < -0.39 is 0 Å². The standard InChI is InChI=1S/C29H32FN5O2/c1-34-10-12-35(13-11-34)21-3-7-27(31-17-21)33-26-6-4-22(24-18-32-29(36)28(24)26)20-2-5-25(30)23(16-20)19-8-14-37-15-9-19/h2-7,16-17,19H,8-15,18H2,1H3,(H,31,33)(H,32,36). The van der Waals surface area contributed by atoms with Gasteiger partial charge in [0.25, 0.3) is 5.91 Å². The van der Waals surface area contributed by atoms with Crippen LogP contribution in [0.15, 0.2) is 48.7 Å². The Morgan fingerprint density at radius 2 is 1.86 bits per heavy atom. The van der Waals surface area contributed by atoms with Gasteiger partial charge in [-0.15, -0.1) is 0 Å². The van der Waals surface area contributed by atoms with Crippen molar-refractivity contribution in [2.45, 2.75) is 25.3 Å². The molecule has 0 radical (unpaired) electrons. The first-order chi connectivity index (χ1) is 18.1. The molecule has 2 aromatic carbocycles. The molecule has 3 aliphatic heterocycles. The molecule has 0 bridgehead atoms. The number of amides is 1. The van der Waals surface area contributed by atoms with Crippen molar-refractivity contribution in [1.82, 2.24) is 15.2 Å². The molecule has 1 amide bonds. The van der Waals surface area contributed by atoms with Crippen LogP contribution in [0.4, 0.5) is 21.6 Å². The quantitative estimate of drug-likeness (QED) is 0.536. The van der Waals surface area contributed by atoms with Gasteiger partial charge < -0.3 is 25.2 Å². The highest BCUT2D eigenvalue weighted by Crippen LogP contribution is 2.38. The summed E-state index contributed by atoms with van der Waals surface area (Å²) < 4.78 is 20.2. The van der Waals surface area contributed by atoms with Gasteiger partial charge in [-0.3, -0.25) is 4.79 Å². The van der Waals surface area contributed by atoms with Crippen LogP contribution in [0.3, 0.4) is 0 Å². The molecule has 2 N–H and O–H groups in total. The summed E-state index contributed by atoms with van der Waals surface area (Å²) in [5, 5.41) is 6.32. The summed E-state index contributed by atoms with van der Waals surface area (Å²) in [6, 6.07) is 13.3. The molecular weight excluding hydrogens is 469 g/mol. The molecule has 0 spiro atoms. The number of anilines is 3. The normalized spacial score (nSPS) is 18.5. The van der Waals surface area contributed by atoms with Crippen LogP contribution in [0.5, 0.6) is 0 Å². The minimum absolute atomic E-state index is 0.111. The maximum absolute atomic E-state index is 14.7. The summed E-state index contributed by atoms with van der Waals surface area (Å²) in [7, 11) is 2.14. The number of hydrogen-bond donors (Lipinski definition) is 2. The maximum atomic E-state index is 14.7. The monoisotopic (exact) mass is 501 g/mol. The zero-order chi connectivity index (χ0) is 25.4. The number of carbonyl (C=O) groups is 1. The average Bonchev–Trinajstić information content (AvgIpc) is 3.33. The minimum Gasteiger partial charge on any atom is -0.381 e. The van der Waals surface area contributed by atoms with E-state index in [0.29, 0.717) is 31.1 Å². The van der Waals surface area contributed by atoms with E-state index in [-0.39, 0.29) is 17.6 Å². The highest BCUT2D eigenvalue weighted by Gasteiger charge is 2.27. The SMILES string of the molecule is CN1CCN(c2ccc(Nc3ccc(-c4ccc(F)c(C5CCOCC5)c4)c4c3C(=O)NC4)nc2)CC1. The number of ether oxygens (including phenoxy) is 1. The number of aromatic nitrogens is 1. The first-order valence-electron chi connectivity index (χ1n) is 13.0. The van der Waals surface area contributed by atoms with Crippen LogP contribution in [0.25, 0.3) is 11.1 Å². The van der Waals surface area contributed by atoms with Crippen molar-refractivity contribution in [2.75, 3.05) is 56.7 Å². The molecule has 3 aliphatic rings. The molecule has 0 atom stereocenters. The van der Waals surface area contributed by atoms with Crippen LogP contribution >= 0.6 is 0 Å². The summed E-state index contributed by atoms with van der Waals surface area (Å²) in [5.74, 6) is 0.560. The van der Waals surface area contributed by atoms with Gasteiger partial charge in [-0.2, -0.15) is 0 Å². The van der Waals surface area contributed by atoms with Gasteiger partial charge >= 0.3 is 0 Å². The van der Waals surface area contributed by atoms with Gasteiger partial charge in [0.2, 0.25) is 0 Å². The molecule has 3 aromatic rings. The predicted molar refractivity (Wildman–Crippen MR) is 143 cm³/mol. The van der Waals surface area contributed by atoms with E-state index in [1.54, 1.807) is 6.07 Å². The first-order valence-corrected chi connectivity index (χ1v) is 13.0. The largest absolute Gasteiger partial charge is 0.381 e. The van der Waals surface area contributed by atoms with Gasteiger partial charge in [-0.1, -0.05) is 12.1 Å². The van der Waals surface area contributed by atoms with Crippen LogP contribution in [-0.2, 0) is 11.3 Å². The Kier molecular flexibility index (Phi) is 6.52. The molecule has 2 saturated heterocycles. The number of piperazine rings is 1. The summed E-state index contributed by atoms with van der Waals surface area (Å²) in [6.07, 6.45) is 3.53. The highest BCUT2D eigenvalue weighted by molar-refractivity contribution is 6.06. The lowest BCUT2D eigenvalue weighted by Gasteiger charge is -2.33. The number of rotatable bonds is 5. The summed E-state index contributed by atoms with van der Waals surface area (Å²) in [6.45, 7) is 5.81. The number of benzene rings is 2. The smallest absolute Gasteiger partial charge is 0.254 e. The Bertz CT molecular complexity index is 1300. The molecule has 8 heteroatoms. The van der Waals surface area contributed by atoms with Gasteiger partial charge in [0.1, 0.15) is 11.6 Å². The van der Waals surface area contributed by atoms with E-state index >= 15 is 0 Å². The number of halogens is 1. The molecule has 4 heterocycles. The van der Waals surface area contributed by atoms with Crippen LogP contribution in [-0.4, -0.2) is 62.2 Å². The van der Waals surface area contributed by atoms with E-state index in [9.17, 15) is 9.18 Å². The number of carbonyl (C=O) groups excluding carboxylic acids is 1. The average molecular weight is 502 g/mol. The van der Waals surface area contributed by atoms with Crippen molar-refractivity contribution in [2.24, 2.45) is 0 Å². The number of fused-ring (bicyclic) bond motifs is 1. The Labute approximate surface area is 216 Å². The van der Waals surface area contributed by atoms with E-state index in [4.69, 9.17) is 4.74 Å². The lowest BCUT2D eigenvalue weighted by Crippen LogP contribution is -2.44. The molecule has 0 unspecified atom stereocenters. The van der Waals surface area contributed by atoms with Crippen LogP contribution in [0, 0.1) is 5.82 Å². The van der Waals surface area contributed by atoms with Crippen LogP contribution in [0.2, 0.25) is 0 Å². The van der Waals surface area contributed by atoms with E-state index in [1.165, 1.54) is 0 Å². The van der Waals surface area contributed by atoms with Gasteiger partial charge in [0, 0.05) is 45.9 Å². The van der Waals surface area contributed by atoms with E-state index in [0.717, 1.165) is 72.6 Å². The lowest BCUT2D eigenvalue weighted by atomic mass is 9.88. The molecule has 0 saturated carbocycles. The van der Waals surface area contributed by atoms with Crippen molar-refractivity contribution >= 4 is 23.1 Å². The second kappa shape index (κ2) is 10.1. The number of nitrogens with one attached hydrogen (secondary N) is 2. The van der Waals surface area contributed by atoms with Crippen LogP contribution < -0.4 is 15.5 Å². The maximum Gasteiger partial charge on any atom is 0.254 e. The second-order valence-corrected chi connectivity index (χ2v) is 10.1. The van der Waals surface area contributed by atoms with Gasteiger partial charge in [0.05, 0.1) is 23.1 Å². The summed E-state index contributed by atoms with van der Waals surface area (Å²) in [5.41, 5.74) is 5.99. The number of likely N-dealkylation sites (N-methyl/N-ethyl adjacent to an activating group) is 1. The molecule has 6 rings (SSSR count). The fraction of sp³-hybridized carbons (Fsp3) is 0.379. The minimum atomic E-state index is -0.175. The second-order valence-electron chi connectivity index (χ2n) is 10.1. The fourth-order valence-electron chi connectivity index (χ4n) is 5.60. The third-order valence-electron chi connectivity index (χ3n) is 7.81. The third-order valence-corrected chi connectivity index (χ3v) is 7.81. The Morgan fingerprint density at radius 1 is 1.05 bits per heavy atom. The lowest BCUT2D eigenvalue weighted by molar-refractivity contribution is 0.0846. The molecular formula is C29H32FN5O2. The van der Waals surface area contributed by atoms with Crippen LogP contribution in [0.1, 0.15) is 40.2 Å². The Morgan fingerprint density at radius 3 is 2.62 bits per heavy atom. The zero-order valence-corrected chi connectivity index (χ0v) is 21.1. The number of hydrogen-bond acceptors (Lipinski definition) is 6. The van der Waals surface area contributed by atoms with Crippen molar-refractivity contribution in [3.63, 3.8) is 0 Å². The van der Waals surface area contributed by atoms with Gasteiger partial charge in [0.15, 0.2) is 0 Å². The van der Waals surface area contributed by atoms with Gasteiger partial charge in [-0.05, 0) is 78.4 Å². The Balaban J connectivity index is 1.27. The fourth-order valence-corrected chi connectivity index (χ4v) is 5.60. The van der Waals surface area contributed by atoms with E-state index in [1.807, 2.05) is 36.5 Å². The topological polar surface area (TPSA) is 69.7 Å². The third kappa shape index (κ3) is 4.79.